The Bertz CT molecular complexity index is 1200. The molecule has 6 nitrogen and oxygen atoms in total. The van der Waals surface area contributed by atoms with Crippen molar-refractivity contribution in [2.75, 3.05) is 46.8 Å². The minimum absolute atomic E-state index is 0.0166. The first kappa shape index (κ1) is 29.0. The highest BCUT2D eigenvalue weighted by Crippen LogP contribution is 2.43. The van der Waals surface area contributed by atoms with Crippen LogP contribution in [-0.2, 0) is 4.79 Å². The number of likely N-dealkylation sites (tertiary alicyclic amines) is 2. The van der Waals surface area contributed by atoms with Gasteiger partial charge in [0.2, 0.25) is 5.91 Å². The Hall–Kier alpha value is -2.98. The van der Waals surface area contributed by atoms with E-state index in [1.807, 2.05) is 23.9 Å². The van der Waals surface area contributed by atoms with Crippen molar-refractivity contribution in [3.8, 4) is 5.75 Å². The molecule has 0 radical (unpaired) electrons. The van der Waals surface area contributed by atoms with Gasteiger partial charge in [-0.3, -0.25) is 9.59 Å². The molecule has 2 aromatic carbocycles. The average Bonchev–Trinajstić information content (AvgIpc) is 3.39. The van der Waals surface area contributed by atoms with Gasteiger partial charge in [0.05, 0.1) is 5.92 Å². The number of phenols is 1. The van der Waals surface area contributed by atoms with Crippen LogP contribution in [-0.4, -0.2) is 90.5 Å². The second kappa shape index (κ2) is 11.6. The van der Waals surface area contributed by atoms with E-state index in [1.165, 1.54) is 24.3 Å². The van der Waals surface area contributed by atoms with Gasteiger partial charge in [-0.15, -0.1) is 0 Å². The summed E-state index contributed by atoms with van der Waals surface area (Å²) in [4.78, 5) is 32.8. The highest BCUT2D eigenvalue weighted by Gasteiger charge is 2.52. The first-order valence-electron chi connectivity index (χ1n) is 13.2. The van der Waals surface area contributed by atoms with Crippen molar-refractivity contribution in [1.82, 2.24) is 14.7 Å². The number of phenolic OH excluding ortho intramolecular Hbond substituents is 1. The van der Waals surface area contributed by atoms with Gasteiger partial charge in [-0.1, -0.05) is 24.3 Å². The van der Waals surface area contributed by atoms with Crippen molar-refractivity contribution >= 4 is 11.7 Å². The third kappa shape index (κ3) is 6.27. The molecule has 212 valence electrons. The highest BCUT2D eigenvalue weighted by molar-refractivity contribution is 5.99. The maximum absolute atomic E-state index is 14.8. The predicted molar refractivity (Wildman–Crippen MR) is 139 cm³/mol. The normalized spacial score (nSPS) is 24.4. The van der Waals surface area contributed by atoms with Gasteiger partial charge in [0.25, 0.3) is 0 Å². The van der Waals surface area contributed by atoms with E-state index >= 15 is 0 Å². The van der Waals surface area contributed by atoms with Gasteiger partial charge in [0, 0.05) is 50.1 Å². The molecule has 4 atom stereocenters. The van der Waals surface area contributed by atoms with E-state index in [0.717, 1.165) is 4.90 Å². The Kier molecular flexibility index (Phi) is 8.66. The third-order valence-corrected chi connectivity index (χ3v) is 8.01. The molecule has 0 spiro atoms. The zero-order chi connectivity index (χ0) is 28.5. The number of piperidine rings is 1. The number of amides is 1. The first-order chi connectivity index (χ1) is 18.4. The van der Waals surface area contributed by atoms with Crippen LogP contribution in [0.25, 0.3) is 0 Å². The Labute approximate surface area is 226 Å². The first-order valence-corrected chi connectivity index (χ1v) is 13.2. The lowest BCUT2D eigenvalue weighted by Crippen LogP contribution is -2.56. The monoisotopic (exact) mass is 549 g/mol. The fourth-order valence-electron chi connectivity index (χ4n) is 6.02. The van der Waals surface area contributed by atoms with Crippen LogP contribution in [0.5, 0.6) is 5.75 Å². The van der Waals surface area contributed by atoms with E-state index in [4.69, 9.17) is 0 Å². The number of halogens is 4. The van der Waals surface area contributed by atoms with Crippen molar-refractivity contribution in [2.24, 2.45) is 11.8 Å². The van der Waals surface area contributed by atoms with Crippen molar-refractivity contribution in [3.05, 3.63) is 65.0 Å². The maximum Gasteiger partial charge on any atom is 0.408 e. The Morgan fingerprint density at radius 1 is 1.08 bits per heavy atom. The number of likely N-dealkylation sites (N-methyl/N-ethyl adjacent to an activating group) is 1. The number of hydrogen-bond acceptors (Lipinski definition) is 5. The number of hydrogen-bond donors (Lipinski definition) is 1. The van der Waals surface area contributed by atoms with Crippen molar-refractivity contribution in [2.45, 2.75) is 37.9 Å². The van der Waals surface area contributed by atoms with Gasteiger partial charge >= 0.3 is 6.18 Å². The quantitative estimate of drug-likeness (QED) is 0.408. The molecule has 2 saturated heterocycles. The number of nitrogens with zero attached hydrogens (tertiary/aromatic N) is 3. The zero-order valence-electron chi connectivity index (χ0n) is 22.4. The Morgan fingerprint density at radius 3 is 2.44 bits per heavy atom. The second-order valence-electron chi connectivity index (χ2n) is 10.9. The molecule has 2 aliphatic heterocycles. The predicted octanol–water partition coefficient (Wildman–Crippen LogP) is 4.47. The van der Waals surface area contributed by atoms with Gasteiger partial charge < -0.3 is 19.8 Å². The molecule has 2 heterocycles. The molecule has 2 aromatic rings. The molecule has 39 heavy (non-hydrogen) atoms. The lowest BCUT2D eigenvalue weighted by atomic mass is 9.69. The van der Waals surface area contributed by atoms with Gasteiger partial charge in [0.1, 0.15) is 17.6 Å². The molecule has 0 saturated carbocycles. The van der Waals surface area contributed by atoms with E-state index < -0.39 is 41.7 Å². The van der Waals surface area contributed by atoms with Crippen LogP contribution in [0, 0.1) is 24.6 Å². The molecule has 1 N–H and O–H groups in total. The number of carbonyl (C=O) groups is 2. The molecule has 1 amide bonds. The lowest BCUT2D eigenvalue weighted by molar-refractivity contribution is -0.185. The smallest absolute Gasteiger partial charge is 0.408 e. The van der Waals surface area contributed by atoms with E-state index in [0.29, 0.717) is 18.7 Å². The molecule has 2 aliphatic rings. The number of rotatable bonds is 7. The molecule has 2 fully saturated rings. The summed E-state index contributed by atoms with van der Waals surface area (Å²) in [5, 5.41) is 10.0. The summed E-state index contributed by atoms with van der Waals surface area (Å²) in [7, 11) is 3.78. The molecule has 0 aromatic heterocycles. The van der Waals surface area contributed by atoms with Crippen LogP contribution >= 0.6 is 0 Å². The molecule has 0 bridgehead atoms. The lowest BCUT2D eigenvalue weighted by Gasteiger charge is -2.45. The van der Waals surface area contributed by atoms with Crippen LogP contribution in [0.1, 0.15) is 40.2 Å². The number of ketones is 1. The van der Waals surface area contributed by atoms with Crippen LogP contribution in [0.3, 0.4) is 0 Å². The van der Waals surface area contributed by atoms with E-state index in [9.17, 15) is 32.3 Å². The Balaban J connectivity index is 1.82. The summed E-state index contributed by atoms with van der Waals surface area (Å²) < 4.78 is 56.5. The maximum atomic E-state index is 14.8. The average molecular weight is 550 g/mol. The van der Waals surface area contributed by atoms with E-state index in [1.54, 1.807) is 25.1 Å². The van der Waals surface area contributed by atoms with Crippen molar-refractivity contribution in [3.63, 3.8) is 0 Å². The topological polar surface area (TPSA) is 64.1 Å². The van der Waals surface area contributed by atoms with Gasteiger partial charge in [-0.2, -0.15) is 13.2 Å². The van der Waals surface area contributed by atoms with Gasteiger partial charge in [-0.05, 0) is 63.2 Å². The van der Waals surface area contributed by atoms with Crippen molar-refractivity contribution in [1.29, 1.82) is 0 Å². The van der Waals surface area contributed by atoms with E-state index in [2.05, 4.69) is 0 Å². The number of benzene rings is 2. The minimum atomic E-state index is -4.56. The highest BCUT2D eigenvalue weighted by atomic mass is 19.4. The van der Waals surface area contributed by atoms with Crippen LogP contribution in [0.2, 0.25) is 0 Å². The number of Topliss-reactive ketones (excluding diaryl/α,β-unsaturated/α-hetero) is 1. The van der Waals surface area contributed by atoms with Crippen LogP contribution in [0.15, 0.2) is 42.5 Å². The number of carbonyl (C=O) groups excluding carboxylic acids is 2. The summed E-state index contributed by atoms with van der Waals surface area (Å²) in [6.07, 6.45) is -4.49. The summed E-state index contributed by atoms with van der Waals surface area (Å²) in [5.41, 5.74) is 0.945. The standard InChI is InChI=1S/C29H35F4N3O3/c1-18-21(9-5-10-24(18)30)26-22(27(38)19-7-4-8-20(37)15-19)16-35(14-13-34(2)3)17-23(26)28(39)36-12-6-11-25(36)29(31,32)33/h4-5,7-10,15,22-23,25-26,37H,6,11-14,16-17H2,1-3H3. The minimum Gasteiger partial charge on any atom is -0.508 e. The SMILES string of the molecule is Cc1c(F)cccc1C1C(C(=O)c2cccc(O)c2)CN(CCN(C)C)CC1C(=O)N1CCCC1C(F)(F)F. The third-order valence-electron chi connectivity index (χ3n) is 8.01. The number of alkyl halides is 3. The van der Waals surface area contributed by atoms with Crippen molar-refractivity contribution < 1.29 is 32.3 Å². The van der Waals surface area contributed by atoms with Crippen LogP contribution in [0.4, 0.5) is 17.6 Å². The molecular weight excluding hydrogens is 514 g/mol. The fraction of sp³-hybridized carbons (Fsp3) is 0.517. The molecule has 10 heteroatoms. The number of aromatic hydroxyl groups is 1. The largest absolute Gasteiger partial charge is 0.508 e. The molecule has 4 rings (SSSR count). The summed E-state index contributed by atoms with van der Waals surface area (Å²) in [6.45, 7) is 3.06. The molecule has 4 unspecified atom stereocenters. The van der Waals surface area contributed by atoms with E-state index in [-0.39, 0.29) is 55.1 Å². The summed E-state index contributed by atoms with van der Waals surface area (Å²) >= 11 is 0. The summed E-state index contributed by atoms with van der Waals surface area (Å²) in [6, 6.07) is 8.45. The summed E-state index contributed by atoms with van der Waals surface area (Å²) in [5.74, 6) is -4.29. The van der Waals surface area contributed by atoms with Crippen LogP contribution < -0.4 is 0 Å². The second-order valence-corrected chi connectivity index (χ2v) is 10.9. The molecule has 0 aliphatic carbocycles. The van der Waals surface area contributed by atoms with Gasteiger partial charge in [-0.25, -0.2) is 4.39 Å². The fourth-order valence-corrected chi connectivity index (χ4v) is 6.02. The van der Waals surface area contributed by atoms with Gasteiger partial charge in [0.15, 0.2) is 5.78 Å². The Morgan fingerprint density at radius 2 is 1.77 bits per heavy atom. The molecular formula is C29H35F4N3O3. The zero-order valence-corrected chi connectivity index (χ0v) is 22.4.